The van der Waals surface area contributed by atoms with Crippen LogP contribution in [0.1, 0.15) is 16.7 Å². The van der Waals surface area contributed by atoms with Gasteiger partial charge in [0.25, 0.3) is 0 Å². The minimum atomic E-state index is -0.349. The SMILES string of the molecule is COC(=O)[C@H](Cc1ccccc1)N(Cc1ccccc1)Cc1ccccc1. The number of methoxy groups -OCH3 is 1. The Hall–Kier alpha value is -2.91. The van der Waals surface area contributed by atoms with Crippen LogP contribution >= 0.6 is 0 Å². The van der Waals surface area contributed by atoms with Crippen LogP contribution in [0.5, 0.6) is 0 Å². The third-order valence-electron chi connectivity index (χ3n) is 4.64. The van der Waals surface area contributed by atoms with Crippen molar-refractivity contribution in [2.24, 2.45) is 0 Å². The summed E-state index contributed by atoms with van der Waals surface area (Å²) in [7, 11) is 1.46. The van der Waals surface area contributed by atoms with Gasteiger partial charge in [-0.15, -0.1) is 0 Å². The van der Waals surface area contributed by atoms with E-state index >= 15 is 0 Å². The molecular formula is C24H25NO2. The summed E-state index contributed by atoms with van der Waals surface area (Å²) in [6.07, 6.45) is 0.618. The number of hydrogen-bond donors (Lipinski definition) is 0. The van der Waals surface area contributed by atoms with Crippen LogP contribution in [0.25, 0.3) is 0 Å². The molecule has 27 heavy (non-hydrogen) atoms. The Labute approximate surface area is 161 Å². The van der Waals surface area contributed by atoms with E-state index in [9.17, 15) is 4.79 Å². The maximum absolute atomic E-state index is 12.7. The lowest BCUT2D eigenvalue weighted by Gasteiger charge is -2.30. The lowest BCUT2D eigenvalue weighted by Crippen LogP contribution is -2.42. The number of ether oxygens (including phenoxy) is 1. The van der Waals surface area contributed by atoms with Crippen LogP contribution in [0, 0.1) is 0 Å². The molecule has 0 saturated heterocycles. The van der Waals surface area contributed by atoms with Crippen LogP contribution in [0.4, 0.5) is 0 Å². The highest BCUT2D eigenvalue weighted by Crippen LogP contribution is 2.18. The molecule has 0 aromatic heterocycles. The first-order valence-electron chi connectivity index (χ1n) is 9.20. The Balaban J connectivity index is 1.89. The van der Waals surface area contributed by atoms with Gasteiger partial charge in [-0.2, -0.15) is 0 Å². The van der Waals surface area contributed by atoms with Crippen molar-refractivity contribution in [2.75, 3.05) is 7.11 Å². The normalized spacial score (nSPS) is 11.9. The molecule has 0 unspecified atom stereocenters. The summed E-state index contributed by atoms with van der Waals surface area (Å²) in [6.45, 7) is 1.37. The van der Waals surface area contributed by atoms with Gasteiger partial charge in [-0.25, -0.2) is 0 Å². The van der Waals surface area contributed by atoms with Crippen molar-refractivity contribution >= 4 is 5.97 Å². The molecule has 0 aliphatic heterocycles. The van der Waals surface area contributed by atoms with Gasteiger partial charge in [-0.3, -0.25) is 9.69 Å². The predicted molar refractivity (Wildman–Crippen MR) is 108 cm³/mol. The van der Waals surface area contributed by atoms with E-state index in [2.05, 4.69) is 41.3 Å². The van der Waals surface area contributed by atoms with E-state index in [1.54, 1.807) is 0 Å². The zero-order valence-corrected chi connectivity index (χ0v) is 15.6. The Bertz CT molecular complexity index is 777. The van der Waals surface area contributed by atoms with Gasteiger partial charge in [-0.05, 0) is 23.1 Å². The van der Waals surface area contributed by atoms with Crippen molar-refractivity contribution in [3.63, 3.8) is 0 Å². The molecule has 3 heteroatoms. The molecule has 0 aliphatic rings. The van der Waals surface area contributed by atoms with Crippen molar-refractivity contribution in [3.05, 3.63) is 108 Å². The molecule has 0 aliphatic carbocycles. The number of carbonyl (C=O) groups excluding carboxylic acids is 1. The number of carbonyl (C=O) groups is 1. The molecule has 0 amide bonds. The average Bonchev–Trinajstić information content (AvgIpc) is 2.73. The van der Waals surface area contributed by atoms with Crippen LogP contribution in [0.15, 0.2) is 91.0 Å². The second kappa shape index (κ2) is 9.70. The summed E-state index contributed by atoms with van der Waals surface area (Å²) >= 11 is 0. The summed E-state index contributed by atoms with van der Waals surface area (Å²) in [5.41, 5.74) is 3.48. The second-order valence-corrected chi connectivity index (χ2v) is 6.60. The standard InChI is InChI=1S/C24H25NO2/c1-27-24(26)23(17-20-11-5-2-6-12-20)25(18-21-13-7-3-8-14-21)19-22-15-9-4-10-16-22/h2-16,23H,17-19H2,1H3/t23-/m0/s1. The maximum atomic E-state index is 12.7. The molecule has 3 aromatic carbocycles. The molecule has 0 spiro atoms. The molecule has 0 heterocycles. The minimum Gasteiger partial charge on any atom is -0.468 e. The highest BCUT2D eigenvalue weighted by molar-refractivity contribution is 5.76. The Kier molecular flexibility index (Phi) is 6.78. The van der Waals surface area contributed by atoms with Crippen molar-refractivity contribution in [3.8, 4) is 0 Å². The molecule has 0 saturated carbocycles. The molecular weight excluding hydrogens is 334 g/mol. The zero-order valence-electron chi connectivity index (χ0n) is 15.6. The monoisotopic (exact) mass is 359 g/mol. The molecule has 1 atom stereocenters. The first-order valence-corrected chi connectivity index (χ1v) is 9.20. The van der Waals surface area contributed by atoms with Gasteiger partial charge in [0.1, 0.15) is 6.04 Å². The molecule has 3 nitrogen and oxygen atoms in total. The van der Waals surface area contributed by atoms with Crippen LogP contribution in [0.2, 0.25) is 0 Å². The van der Waals surface area contributed by atoms with E-state index in [1.807, 2.05) is 54.6 Å². The number of esters is 1. The van der Waals surface area contributed by atoms with Crippen molar-refractivity contribution in [1.29, 1.82) is 0 Å². The van der Waals surface area contributed by atoms with Gasteiger partial charge in [0.05, 0.1) is 7.11 Å². The van der Waals surface area contributed by atoms with Gasteiger partial charge in [-0.1, -0.05) is 91.0 Å². The van der Waals surface area contributed by atoms with E-state index in [0.717, 1.165) is 5.56 Å². The van der Waals surface area contributed by atoms with Gasteiger partial charge in [0.2, 0.25) is 0 Å². The predicted octanol–water partition coefficient (Wildman–Crippen LogP) is 4.47. The van der Waals surface area contributed by atoms with Crippen LogP contribution in [0.3, 0.4) is 0 Å². The Morgan fingerprint density at radius 1 is 0.741 bits per heavy atom. The zero-order chi connectivity index (χ0) is 18.9. The summed E-state index contributed by atoms with van der Waals surface area (Å²) in [4.78, 5) is 14.9. The summed E-state index contributed by atoms with van der Waals surface area (Å²) in [6, 6.07) is 30.2. The van der Waals surface area contributed by atoms with Gasteiger partial charge < -0.3 is 4.74 Å². The van der Waals surface area contributed by atoms with Crippen LogP contribution in [-0.4, -0.2) is 24.0 Å². The lowest BCUT2D eigenvalue weighted by molar-refractivity contribution is -0.147. The topological polar surface area (TPSA) is 29.5 Å². The largest absolute Gasteiger partial charge is 0.468 e. The molecule has 0 bridgehead atoms. The van der Waals surface area contributed by atoms with Gasteiger partial charge in [0.15, 0.2) is 0 Å². The number of benzene rings is 3. The van der Waals surface area contributed by atoms with E-state index in [0.29, 0.717) is 19.5 Å². The first kappa shape index (κ1) is 18.9. The quantitative estimate of drug-likeness (QED) is 0.556. The number of nitrogens with zero attached hydrogens (tertiary/aromatic N) is 1. The minimum absolute atomic E-state index is 0.203. The molecule has 3 aromatic rings. The molecule has 0 fully saturated rings. The summed E-state index contributed by atoms with van der Waals surface area (Å²) in [5, 5.41) is 0. The van der Waals surface area contributed by atoms with E-state index < -0.39 is 0 Å². The fourth-order valence-corrected chi connectivity index (χ4v) is 3.25. The van der Waals surface area contributed by atoms with E-state index in [4.69, 9.17) is 4.74 Å². The highest BCUT2D eigenvalue weighted by atomic mass is 16.5. The highest BCUT2D eigenvalue weighted by Gasteiger charge is 2.27. The van der Waals surface area contributed by atoms with Crippen LogP contribution in [-0.2, 0) is 29.0 Å². The molecule has 3 rings (SSSR count). The third-order valence-corrected chi connectivity index (χ3v) is 4.64. The maximum Gasteiger partial charge on any atom is 0.323 e. The van der Waals surface area contributed by atoms with E-state index in [1.165, 1.54) is 18.2 Å². The van der Waals surface area contributed by atoms with Crippen molar-refractivity contribution in [1.82, 2.24) is 4.90 Å². The summed E-state index contributed by atoms with van der Waals surface area (Å²) in [5.74, 6) is -0.203. The number of rotatable bonds is 8. The third kappa shape index (κ3) is 5.53. The Morgan fingerprint density at radius 2 is 1.15 bits per heavy atom. The van der Waals surface area contributed by atoms with Crippen LogP contribution < -0.4 is 0 Å². The van der Waals surface area contributed by atoms with Crippen molar-refractivity contribution in [2.45, 2.75) is 25.6 Å². The smallest absolute Gasteiger partial charge is 0.323 e. The average molecular weight is 359 g/mol. The fraction of sp³-hybridized carbons (Fsp3) is 0.208. The van der Waals surface area contributed by atoms with Gasteiger partial charge in [0, 0.05) is 13.1 Å². The second-order valence-electron chi connectivity index (χ2n) is 6.60. The molecule has 138 valence electrons. The fourth-order valence-electron chi connectivity index (χ4n) is 3.25. The summed E-state index contributed by atoms with van der Waals surface area (Å²) < 4.78 is 5.16. The number of hydrogen-bond acceptors (Lipinski definition) is 3. The van der Waals surface area contributed by atoms with Crippen molar-refractivity contribution < 1.29 is 9.53 Å². The lowest BCUT2D eigenvalue weighted by atomic mass is 10.0. The van der Waals surface area contributed by atoms with Gasteiger partial charge >= 0.3 is 5.97 Å². The molecule has 0 N–H and O–H groups in total. The first-order chi connectivity index (χ1) is 13.3. The Morgan fingerprint density at radius 3 is 1.56 bits per heavy atom. The molecule has 0 radical (unpaired) electrons. The van der Waals surface area contributed by atoms with E-state index in [-0.39, 0.29) is 12.0 Å².